The first-order valence-electron chi connectivity index (χ1n) is 5.54. The molecule has 0 bridgehead atoms. The molecule has 1 aromatic rings. The maximum atomic E-state index is 13.4. The zero-order valence-corrected chi connectivity index (χ0v) is 11.7. The summed E-state index contributed by atoms with van der Waals surface area (Å²) in [5, 5.41) is 11.0. The maximum Gasteiger partial charge on any atom is 0.326 e. The van der Waals surface area contributed by atoms with Gasteiger partial charge in [0.15, 0.2) is 18.2 Å². The number of halogens is 2. The van der Waals surface area contributed by atoms with Gasteiger partial charge in [0.2, 0.25) is 0 Å². The number of amides is 1. The lowest BCUT2D eigenvalue weighted by molar-refractivity contribution is -0.142. The van der Waals surface area contributed by atoms with Gasteiger partial charge in [-0.15, -0.1) is 0 Å². The highest BCUT2D eigenvalue weighted by Crippen LogP contribution is 2.21. The highest BCUT2D eigenvalue weighted by atomic mass is 79.9. The number of carboxylic acid groups (broad SMARTS) is 1. The molecule has 0 saturated heterocycles. The van der Waals surface area contributed by atoms with Crippen LogP contribution in [-0.2, 0) is 9.59 Å². The largest absolute Gasteiger partial charge is 0.481 e. The zero-order chi connectivity index (χ0) is 14.4. The molecule has 1 rings (SSSR count). The number of hydrogen-bond donors (Lipinski definition) is 2. The molecule has 0 heterocycles. The average molecular weight is 334 g/mol. The lowest BCUT2D eigenvalue weighted by Gasteiger charge is -2.13. The Morgan fingerprint density at radius 2 is 2.21 bits per heavy atom. The van der Waals surface area contributed by atoms with E-state index in [1.54, 1.807) is 13.0 Å². The fourth-order valence-corrected chi connectivity index (χ4v) is 1.64. The summed E-state index contributed by atoms with van der Waals surface area (Å²) in [6.45, 7) is 1.19. The van der Waals surface area contributed by atoms with E-state index in [-0.39, 0.29) is 12.2 Å². The second kappa shape index (κ2) is 7.08. The Balaban J connectivity index is 2.52. The van der Waals surface area contributed by atoms with Crippen LogP contribution in [0.4, 0.5) is 4.39 Å². The van der Waals surface area contributed by atoms with Crippen molar-refractivity contribution in [2.75, 3.05) is 6.61 Å². The van der Waals surface area contributed by atoms with Crippen LogP contribution in [0.2, 0.25) is 0 Å². The van der Waals surface area contributed by atoms with E-state index in [1.807, 2.05) is 0 Å². The van der Waals surface area contributed by atoms with Crippen LogP contribution < -0.4 is 10.1 Å². The van der Waals surface area contributed by atoms with Crippen molar-refractivity contribution in [1.82, 2.24) is 5.32 Å². The average Bonchev–Trinajstić information content (AvgIpc) is 2.34. The van der Waals surface area contributed by atoms with Crippen molar-refractivity contribution in [2.45, 2.75) is 19.4 Å². The lowest BCUT2D eigenvalue weighted by Crippen LogP contribution is -2.42. The van der Waals surface area contributed by atoms with Crippen molar-refractivity contribution in [3.05, 3.63) is 28.5 Å². The van der Waals surface area contributed by atoms with E-state index in [0.717, 1.165) is 0 Å². The van der Waals surface area contributed by atoms with Gasteiger partial charge in [0.05, 0.1) is 0 Å². The Hall–Kier alpha value is -1.63. The second-order valence-corrected chi connectivity index (χ2v) is 4.65. The molecule has 0 saturated carbocycles. The molecule has 0 aromatic heterocycles. The summed E-state index contributed by atoms with van der Waals surface area (Å²) in [5.74, 6) is -2.41. The van der Waals surface area contributed by atoms with E-state index in [0.29, 0.717) is 4.47 Å². The maximum absolute atomic E-state index is 13.4. The number of carboxylic acids is 1. The van der Waals surface area contributed by atoms with Crippen molar-refractivity contribution in [3.63, 3.8) is 0 Å². The number of carbonyl (C=O) groups is 2. The van der Waals surface area contributed by atoms with E-state index < -0.39 is 30.3 Å². The summed E-state index contributed by atoms with van der Waals surface area (Å²) in [6.07, 6.45) is 0.258. The molecule has 1 unspecified atom stereocenters. The van der Waals surface area contributed by atoms with E-state index >= 15 is 0 Å². The van der Waals surface area contributed by atoms with Gasteiger partial charge in [-0.05, 0) is 24.6 Å². The Morgan fingerprint density at radius 1 is 1.53 bits per heavy atom. The van der Waals surface area contributed by atoms with E-state index in [1.165, 1.54) is 12.1 Å². The minimum absolute atomic E-state index is 0.0678. The number of benzene rings is 1. The van der Waals surface area contributed by atoms with Crippen molar-refractivity contribution in [3.8, 4) is 5.75 Å². The second-order valence-electron chi connectivity index (χ2n) is 3.73. The molecule has 2 N–H and O–H groups in total. The first kappa shape index (κ1) is 15.4. The van der Waals surface area contributed by atoms with Gasteiger partial charge in [-0.3, -0.25) is 4.79 Å². The molecule has 104 valence electrons. The lowest BCUT2D eigenvalue weighted by atomic mass is 10.2. The molecular weight excluding hydrogens is 321 g/mol. The third-order valence-corrected chi connectivity index (χ3v) is 2.79. The Labute approximate surface area is 117 Å². The number of carbonyl (C=O) groups excluding carboxylic acids is 1. The molecule has 0 aliphatic rings. The molecule has 19 heavy (non-hydrogen) atoms. The molecule has 5 nitrogen and oxygen atoms in total. The first-order chi connectivity index (χ1) is 8.93. The number of aliphatic carboxylic acids is 1. The third-order valence-electron chi connectivity index (χ3n) is 2.29. The Bertz CT molecular complexity index is 481. The van der Waals surface area contributed by atoms with Crippen LogP contribution in [0.1, 0.15) is 13.3 Å². The monoisotopic (exact) mass is 333 g/mol. The number of hydrogen-bond acceptors (Lipinski definition) is 3. The SMILES string of the molecule is CCC(NC(=O)COc1ccc(Br)cc1F)C(=O)O. The van der Waals surface area contributed by atoms with Crippen LogP contribution in [0, 0.1) is 5.82 Å². The van der Waals surface area contributed by atoms with Crippen LogP contribution >= 0.6 is 15.9 Å². The van der Waals surface area contributed by atoms with E-state index in [2.05, 4.69) is 21.2 Å². The number of rotatable bonds is 6. The molecule has 0 fully saturated rings. The predicted octanol–water partition coefficient (Wildman–Crippen LogP) is 1.95. The molecule has 1 atom stereocenters. The molecule has 0 aliphatic carbocycles. The van der Waals surface area contributed by atoms with Crippen LogP contribution in [0.15, 0.2) is 22.7 Å². The highest BCUT2D eigenvalue weighted by Gasteiger charge is 2.18. The van der Waals surface area contributed by atoms with E-state index in [9.17, 15) is 14.0 Å². The number of nitrogens with one attached hydrogen (secondary N) is 1. The fourth-order valence-electron chi connectivity index (χ4n) is 1.31. The summed E-state index contributed by atoms with van der Waals surface area (Å²) in [7, 11) is 0. The highest BCUT2D eigenvalue weighted by molar-refractivity contribution is 9.10. The molecule has 0 spiro atoms. The molecule has 7 heteroatoms. The third kappa shape index (κ3) is 4.86. The zero-order valence-electron chi connectivity index (χ0n) is 10.2. The van der Waals surface area contributed by atoms with Gasteiger partial charge < -0.3 is 15.2 Å². The standard InChI is InChI=1S/C12H13BrFNO4/c1-2-9(12(17)18)15-11(16)6-19-10-4-3-7(13)5-8(10)14/h3-5,9H,2,6H2,1H3,(H,15,16)(H,17,18). The minimum atomic E-state index is -1.12. The molecule has 0 aliphatic heterocycles. The molecule has 1 amide bonds. The van der Waals surface area contributed by atoms with Crippen LogP contribution in [-0.4, -0.2) is 29.6 Å². The number of ether oxygens (including phenoxy) is 1. The normalized spacial score (nSPS) is 11.7. The van der Waals surface area contributed by atoms with Gasteiger partial charge in [0.1, 0.15) is 6.04 Å². The van der Waals surface area contributed by atoms with Gasteiger partial charge in [-0.1, -0.05) is 22.9 Å². The molecule has 1 aromatic carbocycles. The summed E-state index contributed by atoms with van der Waals surface area (Å²) < 4.78 is 18.9. The fraction of sp³-hybridized carbons (Fsp3) is 0.333. The summed E-state index contributed by atoms with van der Waals surface area (Å²) in [6, 6.07) is 3.19. The Morgan fingerprint density at radius 3 is 2.74 bits per heavy atom. The van der Waals surface area contributed by atoms with Crippen LogP contribution in [0.25, 0.3) is 0 Å². The van der Waals surface area contributed by atoms with Crippen molar-refractivity contribution in [1.29, 1.82) is 0 Å². The quantitative estimate of drug-likeness (QED) is 0.834. The van der Waals surface area contributed by atoms with Crippen molar-refractivity contribution in [2.24, 2.45) is 0 Å². The van der Waals surface area contributed by atoms with Crippen LogP contribution in [0.5, 0.6) is 5.75 Å². The van der Waals surface area contributed by atoms with E-state index in [4.69, 9.17) is 9.84 Å². The van der Waals surface area contributed by atoms with Crippen molar-refractivity contribution < 1.29 is 23.8 Å². The summed E-state index contributed by atoms with van der Waals surface area (Å²) >= 11 is 3.09. The van der Waals surface area contributed by atoms with Gasteiger partial charge >= 0.3 is 5.97 Å². The van der Waals surface area contributed by atoms with Crippen LogP contribution in [0.3, 0.4) is 0 Å². The Kier molecular flexibility index (Phi) is 5.75. The molecule has 0 radical (unpaired) electrons. The first-order valence-corrected chi connectivity index (χ1v) is 6.33. The summed E-state index contributed by atoms with van der Waals surface area (Å²) in [5.41, 5.74) is 0. The molecular formula is C12H13BrFNO4. The van der Waals surface area contributed by atoms with Gasteiger partial charge in [0, 0.05) is 4.47 Å². The summed E-state index contributed by atoms with van der Waals surface area (Å²) in [4.78, 5) is 22.1. The van der Waals surface area contributed by atoms with Crippen molar-refractivity contribution >= 4 is 27.8 Å². The predicted molar refractivity (Wildman–Crippen MR) is 69.5 cm³/mol. The minimum Gasteiger partial charge on any atom is -0.481 e. The topological polar surface area (TPSA) is 75.6 Å². The van der Waals surface area contributed by atoms with Gasteiger partial charge in [-0.2, -0.15) is 0 Å². The van der Waals surface area contributed by atoms with Gasteiger partial charge in [-0.25, -0.2) is 9.18 Å². The van der Waals surface area contributed by atoms with Gasteiger partial charge in [0.25, 0.3) is 5.91 Å². The smallest absolute Gasteiger partial charge is 0.326 e.